The van der Waals surface area contributed by atoms with Crippen molar-refractivity contribution in [2.24, 2.45) is 0 Å². The molecule has 1 N–H and O–H groups in total. The van der Waals surface area contributed by atoms with Gasteiger partial charge in [0.05, 0.1) is 5.56 Å². The quantitative estimate of drug-likeness (QED) is 0.782. The lowest BCUT2D eigenvalue weighted by molar-refractivity contribution is 0.432. The zero-order valence-corrected chi connectivity index (χ0v) is 12.4. The molecule has 0 fully saturated rings. The molecule has 100 valence electrons. The van der Waals surface area contributed by atoms with E-state index in [-0.39, 0.29) is 0 Å². The summed E-state index contributed by atoms with van der Waals surface area (Å²) in [6.45, 7) is 0. The number of hydrogen-bond donors (Lipinski definition) is 1. The van der Waals surface area contributed by atoms with E-state index in [2.05, 4.69) is 31.4 Å². The van der Waals surface area contributed by atoms with Crippen LogP contribution in [-0.4, -0.2) is 17.2 Å². The van der Waals surface area contributed by atoms with Crippen molar-refractivity contribution >= 4 is 21.6 Å². The van der Waals surface area contributed by atoms with Crippen molar-refractivity contribution in [2.45, 2.75) is 0 Å². The second-order valence-electron chi connectivity index (χ2n) is 4.23. The van der Waals surface area contributed by atoms with Crippen LogP contribution in [-0.2, 0) is 0 Å². The van der Waals surface area contributed by atoms with Crippen LogP contribution in [0.5, 0.6) is 0 Å². The molecule has 4 nitrogen and oxygen atoms in total. The molecule has 0 saturated heterocycles. The normalized spacial score (nSPS) is 10.5. The van der Waals surface area contributed by atoms with Gasteiger partial charge in [-0.2, -0.15) is 4.98 Å². The maximum Gasteiger partial charge on any atom is 0.260 e. The zero-order valence-electron chi connectivity index (χ0n) is 10.8. The summed E-state index contributed by atoms with van der Waals surface area (Å²) in [6.07, 6.45) is 0. The lowest BCUT2D eigenvalue weighted by Gasteiger charge is -2.03. The van der Waals surface area contributed by atoms with Gasteiger partial charge in [-0.1, -0.05) is 33.2 Å². The third-order valence-electron chi connectivity index (χ3n) is 2.96. The Hall–Kier alpha value is -2.14. The Balaban J connectivity index is 2.00. The minimum Gasteiger partial charge on any atom is -0.387 e. The molecule has 1 heterocycles. The second kappa shape index (κ2) is 5.46. The summed E-state index contributed by atoms with van der Waals surface area (Å²) < 4.78 is 6.38. The van der Waals surface area contributed by atoms with E-state index in [0.717, 1.165) is 21.3 Å². The molecule has 0 aliphatic carbocycles. The molecule has 0 aliphatic heterocycles. The van der Waals surface area contributed by atoms with E-state index in [0.29, 0.717) is 11.7 Å². The molecule has 0 atom stereocenters. The average Bonchev–Trinajstić information content (AvgIpc) is 2.97. The number of aromatic nitrogens is 2. The Labute approximate surface area is 125 Å². The average molecular weight is 330 g/mol. The van der Waals surface area contributed by atoms with Crippen LogP contribution in [0.2, 0.25) is 0 Å². The Kier molecular flexibility index (Phi) is 3.52. The summed E-state index contributed by atoms with van der Waals surface area (Å²) in [6, 6.07) is 15.6. The van der Waals surface area contributed by atoms with Crippen LogP contribution in [0.15, 0.2) is 57.5 Å². The molecular weight excluding hydrogens is 318 g/mol. The Morgan fingerprint density at radius 3 is 2.55 bits per heavy atom. The van der Waals surface area contributed by atoms with Crippen molar-refractivity contribution in [1.82, 2.24) is 10.1 Å². The zero-order chi connectivity index (χ0) is 13.9. The van der Waals surface area contributed by atoms with Gasteiger partial charge in [0, 0.05) is 22.8 Å². The van der Waals surface area contributed by atoms with Crippen LogP contribution < -0.4 is 5.32 Å². The largest absolute Gasteiger partial charge is 0.387 e. The summed E-state index contributed by atoms with van der Waals surface area (Å²) in [5.74, 6) is 1.09. The van der Waals surface area contributed by atoms with Gasteiger partial charge in [0.1, 0.15) is 0 Å². The predicted molar refractivity (Wildman–Crippen MR) is 82.4 cm³/mol. The summed E-state index contributed by atoms with van der Waals surface area (Å²) in [4.78, 5) is 4.46. The molecule has 0 radical (unpaired) electrons. The second-order valence-corrected chi connectivity index (χ2v) is 5.14. The van der Waals surface area contributed by atoms with Gasteiger partial charge < -0.3 is 9.84 Å². The number of para-hydroxylation sites is 1. The first-order chi connectivity index (χ1) is 9.78. The van der Waals surface area contributed by atoms with E-state index >= 15 is 0 Å². The summed E-state index contributed by atoms with van der Waals surface area (Å²) in [7, 11) is 1.87. The van der Waals surface area contributed by atoms with Gasteiger partial charge in [-0.3, -0.25) is 0 Å². The van der Waals surface area contributed by atoms with Crippen LogP contribution >= 0.6 is 15.9 Å². The monoisotopic (exact) mass is 329 g/mol. The van der Waals surface area contributed by atoms with Gasteiger partial charge >= 0.3 is 0 Å². The Morgan fingerprint density at radius 1 is 1.05 bits per heavy atom. The van der Waals surface area contributed by atoms with Crippen molar-refractivity contribution in [3.05, 3.63) is 53.0 Å². The highest BCUT2D eigenvalue weighted by Crippen LogP contribution is 2.28. The molecule has 0 spiro atoms. The van der Waals surface area contributed by atoms with E-state index < -0.39 is 0 Å². The standard InChI is InChI=1S/C15H12BrN3O/c1-17-13-5-3-2-4-12(13)15-18-14(19-20-15)10-6-8-11(16)9-7-10/h2-9,17H,1H3. The predicted octanol–water partition coefficient (Wildman–Crippen LogP) is 4.21. The van der Waals surface area contributed by atoms with E-state index in [1.54, 1.807) is 0 Å². The topological polar surface area (TPSA) is 51.0 Å². The molecule has 0 unspecified atom stereocenters. The maximum atomic E-state index is 5.37. The number of benzene rings is 2. The lowest BCUT2D eigenvalue weighted by Crippen LogP contribution is -1.91. The van der Waals surface area contributed by atoms with E-state index in [1.807, 2.05) is 55.6 Å². The van der Waals surface area contributed by atoms with Gasteiger partial charge in [0.25, 0.3) is 5.89 Å². The highest BCUT2D eigenvalue weighted by atomic mass is 79.9. The molecule has 5 heteroatoms. The fourth-order valence-corrected chi connectivity index (χ4v) is 2.20. The van der Waals surface area contributed by atoms with Gasteiger partial charge in [0.2, 0.25) is 5.82 Å². The van der Waals surface area contributed by atoms with Crippen LogP contribution in [0.3, 0.4) is 0 Å². The SMILES string of the molecule is CNc1ccccc1-c1nc(-c2ccc(Br)cc2)no1. The first-order valence-corrected chi connectivity index (χ1v) is 6.94. The summed E-state index contributed by atoms with van der Waals surface area (Å²) in [5.41, 5.74) is 2.77. The third kappa shape index (κ3) is 2.44. The van der Waals surface area contributed by atoms with Crippen LogP contribution in [0, 0.1) is 0 Å². The molecule has 1 aromatic heterocycles. The van der Waals surface area contributed by atoms with E-state index in [1.165, 1.54) is 0 Å². The minimum absolute atomic E-state index is 0.507. The van der Waals surface area contributed by atoms with Gasteiger partial charge in [0.15, 0.2) is 0 Å². The van der Waals surface area contributed by atoms with Crippen molar-refractivity contribution < 1.29 is 4.52 Å². The number of rotatable bonds is 3. The van der Waals surface area contributed by atoms with Crippen LogP contribution in [0.1, 0.15) is 0 Å². The van der Waals surface area contributed by atoms with E-state index in [4.69, 9.17) is 4.52 Å². The first kappa shape index (κ1) is 12.9. The highest BCUT2D eigenvalue weighted by molar-refractivity contribution is 9.10. The number of halogens is 1. The molecule has 0 aliphatic rings. The molecule has 0 bridgehead atoms. The first-order valence-electron chi connectivity index (χ1n) is 6.15. The summed E-state index contributed by atoms with van der Waals surface area (Å²) >= 11 is 3.41. The van der Waals surface area contributed by atoms with Crippen LogP contribution in [0.4, 0.5) is 5.69 Å². The molecule has 0 amide bonds. The molecule has 0 saturated carbocycles. The van der Waals surface area contributed by atoms with E-state index in [9.17, 15) is 0 Å². The van der Waals surface area contributed by atoms with Crippen molar-refractivity contribution in [1.29, 1.82) is 0 Å². The Morgan fingerprint density at radius 2 is 1.80 bits per heavy atom. The fraction of sp³-hybridized carbons (Fsp3) is 0.0667. The highest BCUT2D eigenvalue weighted by Gasteiger charge is 2.13. The third-order valence-corrected chi connectivity index (χ3v) is 3.48. The van der Waals surface area contributed by atoms with Crippen LogP contribution in [0.25, 0.3) is 22.8 Å². The molecule has 3 aromatic rings. The molecule has 20 heavy (non-hydrogen) atoms. The number of nitrogens with zero attached hydrogens (tertiary/aromatic N) is 2. The number of nitrogens with one attached hydrogen (secondary N) is 1. The Bertz CT molecular complexity index is 722. The molecule has 3 rings (SSSR count). The van der Waals surface area contributed by atoms with Crippen molar-refractivity contribution in [2.75, 3.05) is 12.4 Å². The maximum absolute atomic E-state index is 5.37. The molecular formula is C15H12BrN3O. The smallest absolute Gasteiger partial charge is 0.260 e. The molecule has 2 aromatic carbocycles. The lowest BCUT2D eigenvalue weighted by atomic mass is 10.1. The fourth-order valence-electron chi connectivity index (χ4n) is 1.94. The number of hydrogen-bond acceptors (Lipinski definition) is 4. The van der Waals surface area contributed by atoms with Gasteiger partial charge in [-0.15, -0.1) is 0 Å². The van der Waals surface area contributed by atoms with Gasteiger partial charge in [-0.05, 0) is 36.4 Å². The summed E-state index contributed by atoms with van der Waals surface area (Å²) in [5, 5.41) is 7.16. The van der Waals surface area contributed by atoms with Gasteiger partial charge in [-0.25, -0.2) is 0 Å². The van der Waals surface area contributed by atoms with Crippen molar-refractivity contribution in [3.8, 4) is 22.8 Å². The number of anilines is 1. The minimum atomic E-state index is 0.507. The van der Waals surface area contributed by atoms with Crippen molar-refractivity contribution in [3.63, 3.8) is 0 Å².